The highest BCUT2D eigenvalue weighted by Crippen LogP contribution is 2.30. The predicted octanol–water partition coefficient (Wildman–Crippen LogP) is 3.43. The van der Waals surface area contributed by atoms with Crippen molar-refractivity contribution in [3.8, 4) is 11.5 Å². The topological polar surface area (TPSA) is 84.9 Å². The van der Waals surface area contributed by atoms with Crippen LogP contribution in [-0.2, 0) is 14.8 Å². The molecule has 8 heteroatoms. The molecule has 0 saturated heterocycles. The monoisotopic (exact) mass is 434 g/mol. The predicted molar refractivity (Wildman–Crippen MR) is 119 cm³/mol. The number of amides is 1. The van der Waals surface area contributed by atoms with Crippen LogP contribution in [0.3, 0.4) is 0 Å². The van der Waals surface area contributed by atoms with Gasteiger partial charge in [0.2, 0.25) is 15.9 Å². The standard InChI is InChI=1S/C22H30N2O5S/c1-7-20(24(30(6,26)27)17-10-8-9-15(2)13-17)22(25)23-16(3)19-14-18(28-4)11-12-21(19)29-5/h8-14,16,20H,7H2,1-6H3,(H,23,25)/t16-,20-/m0/s1. The SMILES string of the molecule is CC[C@@H](C(=O)N[C@@H](C)c1cc(OC)ccc1OC)N(c1cccc(C)c1)S(C)(=O)=O. The van der Waals surface area contributed by atoms with Crippen molar-refractivity contribution in [2.45, 2.75) is 39.3 Å². The first-order valence-corrected chi connectivity index (χ1v) is 11.6. The summed E-state index contributed by atoms with van der Waals surface area (Å²) >= 11 is 0. The normalized spacial score (nSPS) is 13.3. The van der Waals surface area contributed by atoms with Gasteiger partial charge in [0.15, 0.2) is 0 Å². The molecule has 0 aromatic heterocycles. The molecular formula is C22H30N2O5S. The summed E-state index contributed by atoms with van der Waals surface area (Å²) in [6.07, 6.45) is 1.43. The minimum atomic E-state index is -3.69. The van der Waals surface area contributed by atoms with E-state index in [2.05, 4.69) is 5.32 Å². The Morgan fingerprint density at radius 1 is 1.13 bits per heavy atom. The number of methoxy groups -OCH3 is 2. The number of aryl methyl sites for hydroxylation is 1. The van der Waals surface area contributed by atoms with Gasteiger partial charge >= 0.3 is 0 Å². The Balaban J connectivity index is 2.37. The molecule has 7 nitrogen and oxygen atoms in total. The summed E-state index contributed by atoms with van der Waals surface area (Å²) in [5, 5.41) is 2.93. The Kier molecular flexibility index (Phi) is 7.72. The number of benzene rings is 2. The highest BCUT2D eigenvalue weighted by molar-refractivity contribution is 7.92. The summed E-state index contributed by atoms with van der Waals surface area (Å²) in [5.41, 5.74) is 2.11. The van der Waals surface area contributed by atoms with Crippen LogP contribution in [0, 0.1) is 6.92 Å². The maximum absolute atomic E-state index is 13.2. The van der Waals surface area contributed by atoms with E-state index < -0.39 is 22.1 Å². The third kappa shape index (κ3) is 5.44. The first kappa shape index (κ1) is 23.5. The molecule has 30 heavy (non-hydrogen) atoms. The van der Waals surface area contributed by atoms with Crippen molar-refractivity contribution in [1.29, 1.82) is 0 Å². The fourth-order valence-corrected chi connectivity index (χ4v) is 4.59. The van der Waals surface area contributed by atoms with Crippen molar-refractivity contribution >= 4 is 21.6 Å². The van der Waals surface area contributed by atoms with E-state index in [0.717, 1.165) is 17.4 Å². The van der Waals surface area contributed by atoms with Gasteiger partial charge in [0.25, 0.3) is 0 Å². The molecule has 0 radical (unpaired) electrons. The van der Waals surface area contributed by atoms with Crippen LogP contribution in [0.2, 0.25) is 0 Å². The number of hydrogen-bond acceptors (Lipinski definition) is 5. The second-order valence-corrected chi connectivity index (χ2v) is 9.02. The maximum atomic E-state index is 13.2. The Hall–Kier alpha value is -2.74. The van der Waals surface area contributed by atoms with E-state index in [1.807, 2.05) is 19.9 Å². The van der Waals surface area contributed by atoms with Gasteiger partial charge < -0.3 is 14.8 Å². The van der Waals surface area contributed by atoms with Crippen LogP contribution < -0.4 is 19.1 Å². The molecule has 164 valence electrons. The summed E-state index contributed by atoms with van der Waals surface area (Å²) < 4.78 is 37.1. The third-order valence-corrected chi connectivity index (χ3v) is 6.03. The van der Waals surface area contributed by atoms with E-state index in [-0.39, 0.29) is 5.91 Å². The van der Waals surface area contributed by atoms with Gasteiger partial charge in [-0.2, -0.15) is 0 Å². The number of nitrogens with one attached hydrogen (secondary N) is 1. The van der Waals surface area contributed by atoms with Crippen molar-refractivity contribution in [3.05, 3.63) is 53.6 Å². The molecule has 0 spiro atoms. The average molecular weight is 435 g/mol. The van der Waals surface area contributed by atoms with Gasteiger partial charge in [-0.1, -0.05) is 19.1 Å². The van der Waals surface area contributed by atoms with Crippen molar-refractivity contribution in [2.24, 2.45) is 0 Å². The number of nitrogens with zero attached hydrogens (tertiary/aromatic N) is 1. The van der Waals surface area contributed by atoms with Crippen LogP contribution in [0.15, 0.2) is 42.5 Å². The molecule has 0 unspecified atom stereocenters. The quantitative estimate of drug-likeness (QED) is 0.654. The van der Waals surface area contributed by atoms with E-state index >= 15 is 0 Å². The van der Waals surface area contributed by atoms with Gasteiger partial charge in [-0.3, -0.25) is 9.10 Å². The van der Waals surface area contributed by atoms with Gasteiger partial charge in [-0.05, 0) is 56.2 Å². The summed E-state index contributed by atoms with van der Waals surface area (Å²) in [4.78, 5) is 13.2. The summed E-state index contributed by atoms with van der Waals surface area (Å²) in [6, 6.07) is 11.1. The molecule has 2 atom stereocenters. The number of carbonyl (C=O) groups is 1. The smallest absolute Gasteiger partial charge is 0.244 e. The fraction of sp³-hybridized carbons (Fsp3) is 0.409. The minimum absolute atomic E-state index is 0.314. The lowest BCUT2D eigenvalue weighted by Crippen LogP contribution is -2.49. The number of carbonyl (C=O) groups excluding carboxylic acids is 1. The van der Waals surface area contributed by atoms with Crippen molar-refractivity contribution < 1.29 is 22.7 Å². The van der Waals surface area contributed by atoms with E-state index in [4.69, 9.17) is 9.47 Å². The van der Waals surface area contributed by atoms with Gasteiger partial charge in [0.1, 0.15) is 17.5 Å². The molecule has 0 aliphatic rings. The molecular weight excluding hydrogens is 404 g/mol. The van der Waals surface area contributed by atoms with Crippen molar-refractivity contribution in [1.82, 2.24) is 5.32 Å². The summed E-state index contributed by atoms with van der Waals surface area (Å²) in [6.45, 7) is 5.48. The molecule has 2 aromatic carbocycles. The largest absolute Gasteiger partial charge is 0.497 e. The van der Waals surface area contributed by atoms with Crippen LogP contribution in [0.1, 0.15) is 37.4 Å². The van der Waals surface area contributed by atoms with Gasteiger partial charge in [0, 0.05) is 5.56 Å². The first-order valence-electron chi connectivity index (χ1n) is 9.70. The Labute approximate surface area is 179 Å². The highest BCUT2D eigenvalue weighted by atomic mass is 32.2. The number of anilines is 1. The molecule has 1 N–H and O–H groups in total. The van der Waals surface area contributed by atoms with Gasteiger partial charge in [-0.15, -0.1) is 0 Å². The van der Waals surface area contributed by atoms with Gasteiger partial charge in [-0.25, -0.2) is 8.42 Å². The number of ether oxygens (including phenoxy) is 2. The molecule has 0 fully saturated rings. The fourth-order valence-electron chi connectivity index (χ4n) is 3.39. The molecule has 2 aromatic rings. The molecule has 2 rings (SSSR count). The van der Waals surface area contributed by atoms with Crippen LogP contribution in [0.25, 0.3) is 0 Å². The van der Waals surface area contributed by atoms with Crippen LogP contribution in [-0.4, -0.2) is 40.8 Å². The molecule has 0 heterocycles. The van der Waals surface area contributed by atoms with E-state index in [1.54, 1.807) is 57.5 Å². The second kappa shape index (κ2) is 9.84. The zero-order chi connectivity index (χ0) is 22.5. The Morgan fingerprint density at radius 3 is 2.37 bits per heavy atom. The lowest BCUT2D eigenvalue weighted by atomic mass is 10.1. The van der Waals surface area contributed by atoms with Crippen molar-refractivity contribution in [2.75, 3.05) is 24.8 Å². The van der Waals surface area contributed by atoms with Crippen molar-refractivity contribution in [3.63, 3.8) is 0 Å². The zero-order valence-corrected chi connectivity index (χ0v) is 19.1. The molecule has 0 bridgehead atoms. The zero-order valence-electron chi connectivity index (χ0n) is 18.3. The summed E-state index contributed by atoms with van der Waals surface area (Å²) in [5.74, 6) is 0.855. The van der Waals surface area contributed by atoms with Crippen LogP contribution in [0.5, 0.6) is 11.5 Å². The van der Waals surface area contributed by atoms with Crippen LogP contribution >= 0.6 is 0 Å². The number of hydrogen-bond donors (Lipinski definition) is 1. The average Bonchev–Trinajstić information content (AvgIpc) is 2.70. The molecule has 0 aliphatic carbocycles. The minimum Gasteiger partial charge on any atom is -0.497 e. The number of sulfonamides is 1. The maximum Gasteiger partial charge on any atom is 0.244 e. The highest BCUT2D eigenvalue weighted by Gasteiger charge is 2.32. The molecule has 0 saturated carbocycles. The molecule has 0 aliphatic heterocycles. The van der Waals surface area contributed by atoms with Gasteiger partial charge in [0.05, 0.1) is 32.2 Å². The first-order chi connectivity index (χ1) is 14.1. The second-order valence-electron chi connectivity index (χ2n) is 7.16. The van der Waals surface area contributed by atoms with E-state index in [0.29, 0.717) is 23.6 Å². The lowest BCUT2D eigenvalue weighted by molar-refractivity contribution is -0.122. The van der Waals surface area contributed by atoms with E-state index in [1.165, 1.54) is 4.31 Å². The van der Waals surface area contributed by atoms with E-state index in [9.17, 15) is 13.2 Å². The lowest BCUT2D eigenvalue weighted by Gasteiger charge is -2.31. The Morgan fingerprint density at radius 2 is 1.83 bits per heavy atom. The summed E-state index contributed by atoms with van der Waals surface area (Å²) in [7, 11) is -0.571. The number of rotatable bonds is 9. The Bertz CT molecular complexity index is 991. The molecule has 1 amide bonds. The van der Waals surface area contributed by atoms with Crippen LogP contribution in [0.4, 0.5) is 5.69 Å². The third-order valence-electron chi connectivity index (χ3n) is 4.85.